The van der Waals surface area contributed by atoms with E-state index >= 15 is 0 Å². The van der Waals surface area contributed by atoms with E-state index in [-0.39, 0.29) is 5.91 Å². The van der Waals surface area contributed by atoms with Gasteiger partial charge in [0.05, 0.1) is 7.11 Å². The third-order valence-corrected chi connectivity index (χ3v) is 3.94. The molecule has 0 aliphatic heterocycles. The summed E-state index contributed by atoms with van der Waals surface area (Å²) in [7, 11) is 1.62. The van der Waals surface area contributed by atoms with Crippen molar-refractivity contribution in [3.05, 3.63) is 30.2 Å². The highest BCUT2D eigenvalue weighted by molar-refractivity contribution is 5.86. The van der Waals surface area contributed by atoms with Gasteiger partial charge in [-0.25, -0.2) is 4.79 Å². The predicted octanol–water partition coefficient (Wildman–Crippen LogP) is 1.63. The van der Waals surface area contributed by atoms with Crippen LogP contribution in [0.2, 0.25) is 0 Å². The van der Waals surface area contributed by atoms with Crippen LogP contribution in [0.3, 0.4) is 0 Å². The molecule has 9 heteroatoms. The van der Waals surface area contributed by atoms with E-state index in [1.165, 1.54) is 0 Å². The first kappa shape index (κ1) is 20.2. The first-order chi connectivity index (χ1) is 13.0. The Morgan fingerprint density at radius 3 is 2.63 bits per heavy atom. The number of urea groups is 1. The molecule has 0 aliphatic rings. The van der Waals surface area contributed by atoms with Crippen molar-refractivity contribution in [2.75, 3.05) is 13.7 Å². The normalized spacial score (nSPS) is 11.6. The van der Waals surface area contributed by atoms with Crippen LogP contribution in [-0.2, 0) is 11.2 Å². The molecule has 4 N–H and O–H groups in total. The van der Waals surface area contributed by atoms with Crippen molar-refractivity contribution in [3.8, 4) is 17.1 Å². The highest BCUT2D eigenvalue weighted by atomic mass is 16.5. The van der Waals surface area contributed by atoms with Crippen LogP contribution in [0.15, 0.2) is 28.8 Å². The second-order valence-electron chi connectivity index (χ2n) is 6.07. The van der Waals surface area contributed by atoms with Gasteiger partial charge in [0.15, 0.2) is 0 Å². The molecule has 0 saturated heterocycles. The molecule has 9 nitrogen and oxygen atoms in total. The van der Waals surface area contributed by atoms with Crippen molar-refractivity contribution >= 4 is 11.9 Å². The summed E-state index contributed by atoms with van der Waals surface area (Å²) in [5, 5.41) is 9.08. The molecule has 0 saturated carbocycles. The van der Waals surface area contributed by atoms with Crippen molar-refractivity contribution < 1.29 is 18.8 Å². The Kier molecular flexibility index (Phi) is 7.60. The number of aromatic nitrogens is 2. The first-order valence-electron chi connectivity index (χ1n) is 8.80. The van der Waals surface area contributed by atoms with Crippen LogP contribution in [0.25, 0.3) is 11.4 Å². The summed E-state index contributed by atoms with van der Waals surface area (Å²) in [4.78, 5) is 26.8. The molecule has 0 fully saturated rings. The van der Waals surface area contributed by atoms with Crippen LogP contribution < -0.4 is 21.1 Å². The van der Waals surface area contributed by atoms with E-state index in [2.05, 4.69) is 20.8 Å². The predicted molar refractivity (Wildman–Crippen MR) is 99.0 cm³/mol. The van der Waals surface area contributed by atoms with Crippen LogP contribution in [-0.4, -0.2) is 41.8 Å². The number of primary amides is 1. The van der Waals surface area contributed by atoms with Gasteiger partial charge >= 0.3 is 6.03 Å². The van der Waals surface area contributed by atoms with Gasteiger partial charge < -0.3 is 25.6 Å². The summed E-state index contributed by atoms with van der Waals surface area (Å²) in [6.45, 7) is 2.11. The molecule has 146 valence electrons. The van der Waals surface area contributed by atoms with Gasteiger partial charge in [-0.15, -0.1) is 0 Å². The number of nitrogens with two attached hydrogens (primary N) is 1. The number of unbranched alkanes of at least 4 members (excludes halogenated alkanes) is 2. The summed E-state index contributed by atoms with van der Waals surface area (Å²) in [5.41, 5.74) is 5.84. The molecule has 2 rings (SSSR count). The lowest BCUT2D eigenvalue weighted by Gasteiger charge is -2.12. The summed E-state index contributed by atoms with van der Waals surface area (Å²) < 4.78 is 10.4. The van der Waals surface area contributed by atoms with E-state index in [1.807, 2.05) is 24.3 Å². The molecule has 2 aromatic rings. The molecular formula is C18H25N5O4. The van der Waals surface area contributed by atoms with Crippen molar-refractivity contribution in [1.82, 2.24) is 20.8 Å². The Hall–Kier alpha value is -3.10. The number of aryl methyl sites for hydroxylation is 1. The smallest absolute Gasteiger partial charge is 0.312 e. The average Bonchev–Trinajstić information content (AvgIpc) is 3.12. The number of carbonyl (C=O) groups is 2. The molecule has 0 radical (unpaired) electrons. The minimum atomic E-state index is -0.716. The van der Waals surface area contributed by atoms with Gasteiger partial charge in [-0.1, -0.05) is 11.6 Å². The Morgan fingerprint density at radius 2 is 1.96 bits per heavy atom. The Bertz CT molecular complexity index is 744. The van der Waals surface area contributed by atoms with Crippen LogP contribution in [0.1, 0.15) is 32.1 Å². The molecule has 1 aromatic carbocycles. The number of hydrogen-bond donors (Lipinski definition) is 3. The van der Waals surface area contributed by atoms with E-state index in [4.69, 9.17) is 15.0 Å². The van der Waals surface area contributed by atoms with E-state index in [0.29, 0.717) is 24.7 Å². The van der Waals surface area contributed by atoms with Gasteiger partial charge in [-0.05, 0) is 44.0 Å². The van der Waals surface area contributed by atoms with Gasteiger partial charge in [0.1, 0.15) is 11.8 Å². The first-order valence-corrected chi connectivity index (χ1v) is 8.80. The average molecular weight is 375 g/mol. The number of benzene rings is 1. The Balaban J connectivity index is 1.65. The third kappa shape index (κ3) is 6.61. The van der Waals surface area contributed by atoms with E-state index < -0.39 is 12.1 Å². The zero-order valence-electron chi connectivity index (χ0n) is 15.5. The Labute approximate surface area is 157 Å². The zero-order valence-corrected chi connectivity index (χ0v) is 15.5. The molecule has 0 aliphatic carbocycles. The molecule has 1 heterocycles. The van der Waals surface area contributed by atoms with Crippen LogP contribution in [0.4, 0.5) is 4.79 Å². The zero-order chi connectivity index (χ0) is 19.6. The molecule has 0 unspecified atom stereocenters. The molecular weight excluding hydrogens is 350 g/mol. The van der Waals surface area contributed by atoms with Crippen molar-refractivity contribution in [1.29, 1.82) is 0 Å². The third-order valence-electron chi connectivity index (χ3n) is 3.94. The fourth-order valence-corrected chi connectivity index (χ4v) is 2.44. The minimum Gasteiger partial charge on any atom is -0.497 e. The number of carbonyl (C=O) groups excluding carboxylic acids is 2. The lowest BCUT2D eigenvalue weighted by atomic mass is 10.2. The van der Waals surface area contributed by atoms with Crippen LogP contribution >= 0.6 is 0 Å². The van der Waals surface area contributed by atoms with Gasteiger partial charge in [0, 0.05) is 18.5 Å². The molecule has 1 aromatic heterocycles. The van der Waals surface area contributed by atoms with Crippen molar-refractivity contribution in [2.45, 2.75) is 38.6 Å². The van der Waals surface area contributed by atoms with Crippen LogP contribution in [0.5, 0.6) is 5.75 Å². The monoisotopic (exact) mass is 375 g/mol. The SMILES string of the molecule is COc1ccc(-c2noc(CCCCCNC(=O)[C@H](C)NC(N)=O)n2)cc1. The highest BCUT2D eigenvalue weighted by Gasteiger charge is 2.13. The topological polar surface area (TPSA) is 132 Å². The van der Waals surface area contributed by atoms with Gasteiger partial charge in [0.2, 0.25) is 17.6 Å². The Morgan fingerprint density at radius 1 is 1.22 bits per heavy atom. The highest BCUT2D eigenvalue weighted by Crippen LogP contribution is 2.20. The molecule has 27 heavy (non-hydrogen) atoms. The van der Waals surface area contributed by atoms with E-state index in [1.54, 1.807) is 14.0 Å². The molecule has 3 amide bonds. The summed E-state index contributed by atoms with van der Waals surface area (Å²) >= 11 is 0. The second kappa shape index (κ2) is 10.1. The van der Waals surface area contributed by atoms with E-state index in [9.17, 15) is 9.59 Å². The number of amides is 3. The maximum absolute atomic E-state index is 11.7. The largest absolute Gasteiger partial charge is 0.497 e. The number of nitrogens with zero attached hydrogens (tertiary/aromatic N) is 2. The summed E-state index contributed by atoms with van der Waals surface area (Å²) in [6.07, 6.45) is 3.26. The number of rotatable bonds is 10. The fraction of sp³-hybridized carbons (Fsp3) is 0.444. The molecule has 0 bridgehead atoms. The quantitative estimate of drug-likeness (QED) is 0.541. The van der Waals surface area contributed by atoms with Crippen molar-refractivity contribution in [3.63, 3.8) is 0 Å². The number of methoxy groups -OCH3 is 1. The lowest BCUT2D eigenvalue weighted by Crippen LogP contribution is -2.46. The van der Waals surface area contributed by atoms with Gasteiger partial charge in [0.25, 0.3) is 0 Å². The van der Waals surface area contributed by atoms with Crippen LogP contribution in [0, 0.1) is 0 Å². The van der Waals surface area contributed by atoms with Crippen molar-refractivity contribution in [2.24, 2.45) is 5.73 Å². The number of hydrogen-bond acceptors (Lipinski definition) is 6. The maximum atomic E-state index is 11.7. The molecule has 1 atom stereocenters. The molecule has 0 spiro atoms. The van der Waals surface area contributed by atoms with E-state index in [0.717, 1.165) is 30.6 Å². The fourth-order valence-electron chi connectivity index (χ4n) is 2.44. The summed E-state index contributed by atoms with van der Waals surface area (Å²) in [6, 6.07) is 6.09. The number of ether oxygens (including phenoxy) is 1. The van der Waals surface area contributed by atoms with Gasteiger partial charge in [-0.2, -0.15) is 4.98 Å². The number of nitrogens with one attached hydrogen (secondary N) is 2. The second-order valence-corrected chi connectivity index (χ2v) is 6.07. The summed E-state index contributed by atoms with van der Waals surface area (Å²) in [5.74, 6) is 1.66. The van der Waals surface area contributed by atoms with Gasteiger partial charge in [-0.3, -0.25) is 4.79 Å². The standard InChI is InChI=1S/C18H25N5O4/c1-12(21-18(19)25)17(24)20-11-5-3-4-6-15-22-16(23-27-15)13-7-9-14(26-2)10-8-13/h7-10,12H,3-6,11H2,1-2H3,(H,20,24)(H3,19,21,25)/t12-/m0/s1. The minimum absolute atomic E-state index is 0.255. The maximum Gasteiger partial charge on any atom is 0.312 e. The lowest BCUT2D eigenvalue weighted by molar-refractivity contribution is -0.122.